The van der Waals surface area contributed by atoms with Gasteiger partial charge in [0.15, 0.2) is 0 Å². The van der Waals surface area contributed by atoms with E-state index in [4.69, 9.17) is 9.97 Å². The quantitative estimate of drug-likeness (QED) is 0.147. The summed E-state index contributed by atoms with van der Waals surface area (Å²) in [4.78, 5) is 10.5. The third-order valence-electron chi connectivity index (χ3n) is 12.4. The summed E-state index contributed by atoms with van der Waals surface area (Å²) in [7, 11) is 0. The average Bonchev–Trinajstić information content (AvgIpc) is 3.65. The first-order chi connectivity index (χ1) is 30.2. The summed E-state index contributed by atoms with van der Waals surface area (Å²) < 4.78 is 11.6. The minimum Gasteiger partial charge on any atom is -0.507 e. The van der Waals surface area contributed by atoms with Crippen LogP contribution < -0.4 is 0 Å². The molecule has 8 aromatic rings. The molecule has 0 aliphatic rings. The SMILES string of the molecule is [2H]C(C)(C)c1cc(-n2c(-c3cc(C(C)C)cc(C(C)C)c3O)nc3c(-c4[c-]c(-c5cc(-c6ccc(C(C)(C)C)cc6)ccn5)cc(C(C)(C)C)c4)cccc32)ccc1-c1ccccc1.[Pt]. The third kappa shape index (κ3) is 9.18. The van der Waals surface area contributed by atoms with E-state index in [2.05, 4.69) is 189 Å². The van der Waals surface area contributed by atoms with Gasteiger partial charge in [0.05, 0.1) is 16.6 Å². The van der Waals surface area contributed by atoms with Gasteiger partial charge in [-0.25, -0.2) is 4.98 Å². The molecule has 0 atom stereocenters. The number of pyridine rings is 1. The molecule has 8 rings (SSSR count). The van der Waals surface area contributed by atoms with Gasteiger partial charge < -0.3 is 5.11 Å². The van der Waals surface area contributed by atoms with Crippen LogP contribution in [0, 0.1) is 6.07 Å². The summed E-state index contributed by atoms with van der Waals surface area (Å²) in [6.45, 7) is 26.0. The number of benzene rings is 6. The second kappa shape index (κ2) is 18.1. The van der Waals surface area contributed by atoms with Crippen LogP contribution in [0.4, 0.5) is 0 Å². The molecule has 0 unspecified atom stereocenters. The van der Waals surface area contributed by atoms with Crippen LogP contribution in [0.2, 0.25) is 0 Å². The number of imidazole rings is 1. The largest absolute Gasteiger partial charge is 0.507 e. The molecular formula is C59H62N3OPt-. The molecule has 0 fully saturated rings. The van der Waals surface area contributed by atoms with Crippen molar-refractivity contribution in [1.29, 1.82) is 0 Å². The van der Waals surface area contributed by atoms with E-state index >= 15 is 0 Å². The molecule has 2 heterocycles. The van der Waals surface area contributed by atoms with E-state index < -0.39 is 5.89 Å². The summed E-state index contributed by atoms with van der Waals surface area (Å²) >= 11 is 0. The zero-order valence-corrected chi connectivity index (χ0v) is 41.7. The van der Waals surface area contributed by atoms with E-state index in [1.165, 1.54) is 5.56 Å². The predicted molar refractivity (Wildman–Crippen MR) is 266 cm³/mol. The molecule has 0 bridgehead atoms. The summed E-state index contributed by atoms with van der Waals surface area (Å²) in [5.74, 6) is 0.295. The van der Waals surface area contributed by atoms with Gasteiger partial charge in [0.1, 0.15) is 11.6 Å². The molecule has 0 spiro atoms. The first kappa shape index (κ1) is 45.0. The fourth-order valence-corrected chi connectivity index (χ4v) is 8.54. The molecule has 0 aliphatic heterocycles. The van der Waals surface area contributed by atoms with E-state index in [0.717, 1.165) is 83.6 Å². The molecule has 0 aliphatic carbocycles. The van der Waals surface area contributed by atoms with Crippen LogP contribution in [0.15, 0.2) is 134 Å². The number of hydrogen-bond donors (Lipinski definition) is 1. The van der Waals surface area contributed by atoms with Gasteiger partial charge in [0.2, 0.25) is 0 Å². The summed E-state index contributed by atoms with van der Waals surface area (Å²) in [5.41, 5.74) is 16.5. The molecule has 6 aromatic carbocycles. The molecule has 0 amide bonds. The molecule has 64 heavy (non-hydrogen) atoms. The summed E-state index contributed by atoms with van der Waals surface area (Å²) in [6.07, 6.45) is 1.90. The fourth-order valence-electron chi connectivity index (χ4n) is 8.54. The van der Waals surface area contributed by atoms with E-state index in [-0.39, 0.29) is 49.5 Å². The number of phenolic OH excluding ortho intramolecular Hbond substituents is 1. The first-order valence-electron chi connectivity index (χ1n) is 22.9. The monoisotopic (exact) mass is 1020 g/mol. The molecule has 0 saturated carbocycles. The Morgan fingerprint density at radius 3 is 1.92 bits per heavy atom. The van der Waals surface area contributed by atoms with Crippen molar-refractivity contribution in [3.63, 3.8) is 0 Å². The van der Waals surface area contributed by atoms with Crippen molar-refractivity contribution in [2.24, 2.45) is 0 Å². The number of phenols is 1. The van der Waals surface area contributed by atoms with Gasteiger partial charge in [-0.05, 0) is 103 Å². The molecule has 4 nitrogen and oxygen atoms in total. The van der Waals surface area contributed by atoms with Crippen LogP contribution in [0.1, 0.15) is 130 Å². The topological polar surface area (TPSA) is 50.9 Å². The van der Waals surface area contributed by atoms with Gasteiger partial charge in [-0.2, -0.15) is 0 Å². The van der Waals surface area contributed by atoms with Crippen molar-refractivity contribution in [2.45, 2.75) is 112 Å². The zero-order chi connectivity index (χ0) is 45.9. The Balaban J connectivity index is 0.00000630. The molecule has 1 N–H and O–H groups in total. The number of fused-ring (bicyclic) bond motifs is 1. The number of hydrogen-bond acceptors (Lipinski definition) is 3. The van der Waals surface area contributed by atoms with E-state index in [1.807, 2.05) is 38.2 Å². The Morgan fingerprint density at radius 2 is 1.28 bits per heavy atom. The summed E-state index contributed by atoms with van der Waals surface area (Å²) in [5, 5.41) is 12.2. The number of rotatable bonds is 9. The number of nitrogens with zero attached hydrogens (tertiary/aromatic N) is 3. The van der Waals surface area contributed by atoms with Crippen molar-refractivity contribution in [3.05, 3.63) is 167 Å². The number of para-hydroxylation sites is 1. The smallest absolute Gasteiger partial charge is 0.148 e. The van der Waals surface area contributed by atoms with E-state index in [9.17, 15) is 6.48 Å². The van der Waals surface area contributed by atoms with Crippen molar-refractivity contribution in [1.82, 2.24) is 14.5 Å². The Bertz CT molecular complexity index is 3000. The molecule has 330 valence electrons. The number of aromatic nitrogens is 3. The molecule has 5 heteroatoms. The van der Waals surface area contributed by atoms with Crippen molar-refractivity contribution in [3.8, 4) is 67.5 Å². The Kier molecular flexibility index (Phi) is 12.8. The predicted octanol–water partition coefficient (Wildman–Crippen LogP) is 16.2. The minimum atomic E-state index is -0.909. The van der Waals surface area contributed by atoms with E-state index in [0.29, 0.717) is 11.4 Å². The zero-order valence-electron chi connectivity index (χ0n) is 40.5. The van der Waals surface area contributed by atoms with Gasteiger partial charge >= 0.3 is 0 Å². The fraction of sp³-hybridized carbons (Fsp3) is 0.288. The Hall–Kier alpha value is -5.57. The van der Waals surface area contributed by atoms with Crippen LogP contribution >= 0.6 is 0 Å². The van der Waals surface area contributed by atoms with Crippen LogP contribution in [0.25, 0.3) is 72.7 Å². The van der Waals surface area contributed by atoms with Crippen molar-refractivity contribution >= 4 is 11.0 Å². The normalized spacial score (nSPS) is 12.5. The third-order valence-corrected chi connectivity index (χ3v) is 12.4. The maximum atomic E-state index is 12.2. The Morgan fingerprint density at radius 1 is 0.594 bits per heavy atom. The van der Waals surface area contributed by atoms with Gasteiger partial charge in [-0.3, -0.25) is 9.55 Å². The molecule has 2 aromatic heterocycles. The Labute approximate surface area is 397 Å². The van der Waals surface area contributed by atoms with Crippen LogP contribution in [-0.2, 0) is 31.9 Å². The molecular weight excluding hydrogens is 962 g/mol. The second-order valence-corrected chi connectivity index (χ2v) is 20.1. The number of aromatic hydroxyl groups is 1. The standard InChI is InChI=1S/C59H62N3O.Pt/c1-36(2)42-32-51(38(5)6)56(63)52(33-42)57-61-55-49(19-16-20-54(55)62(57)47-25-26-48(50(35-47)37(3)4)40-17-14-13-15-18-40)43-29-44(31-46(30-43)59(10,11)12)53-34-41(27-28-60-53)39-21-23-45(24-22-39)58(7,8)9;/h13-28,30-38,63H,1-12H3;/q-1;/i37D;. The van der Waals surface area contributed by atoms with Gasteiger partial charge in [0.25, 0.3) is 0 Å². The molecule has 0 radical (unpaired) electrons. The molecule has 0 saturated heterocycles. The van der Waals surface area contributed by atoms with Crippen molar-refractivity contribution in [2.75, 3.05) is 0 Å². The minimum absolute atomic E-state index is 0. The van der Waals surface area contributed by atoms with Crippen LogP contribution in [-0.4, -0.2) is 19.6 Å². The maximum Gasteiger partial charge on any atom is 0.148 e. The van der Waals surface area contributed by atoms with Crippen LogP contribution in [0.5, 0.6) is 5.75 Å². The van der Waals surface area contributed by atoms with Gasteiger partial charge in [-0.15, -0.1) is 29.3 Å². The van der Waals surface area contributed by atoms with Crippen molar-refractivity contribution < 1.29 is 27.5 Å². The van der Waals surface area contributed by atoms with E-state index in [1.54, 1.807) is 0 Å². The maximum absolute atomic E-state index is 12.2. The average molecular weight is 1030 g/mol. The first-order valence-corrected chi connectivity index (χ1v) is 22.4. The second-order valence-electron chi connectivity index (χ2n) is 20.1. The van der Waals surface area contributed by atoms with Gasteiger partial charge in [0, 0.05) is 40.0 Å². The van der Waals surface area contributed by atoms with Gasteiger partial charge in [-0.1, -0.05) is 179 Å². The summed E-state index contributed by atoms with van der Waals surface area (Å²) in [6, 6.07) is 48.7. The van der Waals surface area contributed by atoms with Crippen LogP contribution in [0.3, 0.4) is 0 Å².